The topological polar surface area (TPSA) is 148 Å². The normalized spacial score (nSPS) is 10.9. The van der Waals surface area contributed by atoms with Crippen LogP contribution in [0.2, 0.25) is 0 Å². The summed E-state index contributed by atoms with van der Waals surface area (Å²) in [6.07, 6.45) is 0. The van der Waals surface area contributed by atoms with Gasteiger partial charge in [0.2, 0.25) is 5.78 Å². The van der Waals surface area contributed by atoms with Crippen molar-refractivity contribution < 1.29 is 14.3 Å². The van der Waals surface area contributed by atoms with Gasteiger partial charge in [-0.15, -0.1) is 0 Å². The van der Waals surface area contributed by atoms with Crippen molar-refractivity contribution in [3.05, 3.63) is 66.7 Å². The van der Waals surface area contributed by atoms with E-state index in [1.165, 1.54) is 33.3 Å². The molecule has 1 aromatic carbocycles. The lowest BCUT2D eigenvalue weighted by molar-refractivity contribution is 0.0468. The van der Waals surface area contributed by atoms with Gasteiger partial charge in [0.25, 0.3) is 11.1 Å². The lowest BCUT2D eigenvalue weighted by atomic mass is 10.1. The molecule has 0 spiro atoms. The van der Waals surface area contributed by atoms with Gasteiger partial charge in [0.05, 0.1) is 5.39 Å². The molecule has 0 aliphatic heterocycles. The first-order valence-corrected chi connectivity index (χ1v) is 8.37. The number of aromatic nitrogens is 4. The van der Waals surface area contributed by atoms with Crippen LogP contribution in [0.25, 0.3) is 10.8 Å². The fourth-order valence-corrected chi connectivity index (χ4v) is 2.84. The maximum Gasteiger partial charge on any atom is 0.359 e. The minimum Gasteiger partial charge on any atom is -0.452 e. The van der Waals surface area contributed by atoms with Gasteiger partial charge in [-0.25, -0.2) is 14.3 Å². The van der Waals surface area contributed by atoms with Crippen LogP contribution in [0.3, 0.4) is 0 Å². The van der Waals surface area contributed by atoms with Gasteiger partial charge in [0, 0.05) is 26.5 Å². The van der Waals surface area contributed by atoms with Crippen LogP contribution in [0, 0.1) is 0 Å². The van der Waals surface area contributed by atoms with Crippen LogP contribution in [0.1, 0.15) is 20.8 Å². The van der Waals surface area contributed by atoms with Crippen LogP contribution in [0.15, 0.2) is 38.6 Å². The van der Waals surface area contributed by atoms with Crippen molar-refractivity contribution in [1.82, 2.24) is 18.9 Å². The van der Waals surface area contributed by atoms with Gasteiger partial charge in [-0.2, -0.15) is 5.10 Å². The third-order valence-corrected chi connectivity index (χ3v) is 4.47. The lowest BCUT2D eigenvalue weighted by Crippen LogP contribution is -2.42. The van der Waals surface area contributed by atoms with Crippen molar-refractivity contribution in [2.75, 3.05) is 12.3 Å². The molecule has 29 heavy (non-hydrogen) atoms. The van der Waals surface area contributed by atoms with Gasteiger partial charge >= 0.3 is 11.7 Å². The SMILES string of the molecule is Cn1nc(C(=O)OCC(=O)c2c(N)n(C)c(=O)n(C)c2=O)c2ccccc2c1=O. The minimum absolute atomic E-state index is 0.156. The summed E-state index contributed by atoms with van der Waals surface area (Å²) >= 11 is 0. The van der Waals surface area contributed by atoms with Crippen LogP contribution in [-0.2, 0) is 25.9 Å². The monoisotopic (exact) mass is 399 g/mol. The number of benzene rings is 1. The van der Waals surface area contributed by atoms with Crippen molar-refractivity contribution in [3.8, 4) is 0 Å². The molecule has 150 valence electrons. The number of hydrogen-bond acceptors (Lipinski definition) is 8. The molecule has 11 nitrogen and oxygen atoms in total. The van der Waals surface area contributed by atoms with Crippen molar-refractivity contribution in [2.45, 2.75) is 0 Å². The molecule has 0 amide bonds. The predicted molar refractivity (Wildman–Crippen MR) is 103 cm³/mol. The van der Waals surface area contributed by atoms with Crippen LogP contribution in [0.4, 0.5) is 5.82 Å². The van der Waals surface area contributed by atoms with E-state index in [2.05, 4.69) is 5.10 Å². The first kappa shape index (κ1) is 19.7. The van der Waals surface area contributed by atoms with Crippen LogP contribution < -0.4 is 22.5 Å². The summed E-state index contributed by atoms with van der Waals surface area (Å²) in [5.74, 6) is -2.16. The quantitative estimate of drug-likeness (QED) is 0.432. The molecule has 0 aliphatic carbocycles. The van der Waals surface area contributed by atoms with E-state index in [-0.39, 0.29) is 22.3 Å². The Morgan fingerprint density at radius 3 is 2.28 bits per heavy atom. The first-order valence-electron chi connectivity index (χ1n) is 8.37. The summed E-state index contributed by atoms with van der Waals surface area (Å²) in [4.78, 5) is 61.2. The highest BCUT2D eigenvalue weighted by Crippen LogP contribution is 2.14. The van der Waals surface area contributed by atoms with E-state index >= 15 is 0 Å². The lowest BCUT2D eigenvalue weighted by Gasteiger charge is -2.11. The van der Waals surface area contributed by atoms with Crippen LogP contribution in [0.5, 0.6) is 0 Å². The summed E-state index contributed by atoms with van der Waals surface area (Å²) in [6.45, 7) is -0.796. The van der Waals surface area contributed by atoms with E-state index in [1.807, 2.05) is 0 Å². The van der Waals surface area contributed by atoms with Crippen molar-refractivity contribution >= 4 is 28.3 Å². The predicted octanol–water partition coefficient (Wildman–Crippen LogP) is -1.05. The Hall–Kier alpha value is -4.02. The molecule has 11 heteroatoms. The summed E-state index contributed by atoms with van der Waals surface area (Å²) in [6, 6.07) is 6.33. The number of carbonyl (C=O) groups excluding carboxylic acids is 2. The number of rotatable bonds is 4. The third kappa shape index (κ3) is 3.22. The van der Waals surface area contributed by atoms with E-state index in [0.717, 1.165) is 13.8 Å². The van der Waals surface area contributed by atoms with E-state index < -0.39 is 40.7 Å². The highest BCUT2D eigenvalue weighted by atomic mass is 16.5. The molecule has 3 aromatic rings. The molecule has 2 aromatic heterocycles. The van der Waals surface area contributed by atoms with Crippen molar-refractivity contribution in [3.63, 3.8) is 0 Å². The number of ether oxygens (including phenoxy) is 1. The fraction of sp³-hybridized carbons (Fsp3) is 0.222. The Morgan fingerprint density at radius 2 is 1.62 bits per heavy atom. The zero-order chi connectivity index (χ0) is 21.5. The highest BCUT2D eigenvalue weighted by Gasteiger charge is 2.23. The average Bonchev–Trinajstić information content (AvgIpc) is 2.71. The first-order chi connectivity index (χ1) is 13.6. The molecule has 2 N–H and O–H groups in total. The largest absolute Gasteiger partial charge is 0.452 e. The Morgan fingerprint density at radius 1 is 1.00 bits per heavy atom. The number of nitrogens with zero attached hydrogens (tertiary/aromatic N) is 4. The molecule has 0 saturated heterocycles. The van der Waals surface area contributed by atoms with E-state index in [0.29, 0.717) is 0 Å². The number of fused-ring (bicyclic) bond motifs is 1. The molecule has 0 bridgehead atoms. The zero-order valence-electron chi connectivity index (χ0n) is 15.8. The second-order valence-electron chi connectivity index (χ2n) is 6.29. The number of hydrogen-bond donors (Lipinski definition) is 1. The number of carbonyl (C=O) groups is 2. The van der Waals surface area contributed by atoms with Gasteiger partial charge in [-0.3, -0.25) is 23.5 Å². The van der Waals surface area contributed by atoms with Gasteiger partial charge in [-0.1, -0.05) is 18.2 Å². The highest BCUT2D eigenvalue weighted by molar-refractivity contribution is 6.05. The van der Waals surface area contributed by atoms with E-state index in [9.17, 15) is 24.0 Å². The maximum atomic E-state index is 12.5. The molecule has 0 fully saturated rings. The van der Waals surface area contributed by atoms with E-state index in [1.54, 1.807) is 12.1 Å². The fourth-order valence-electron chi connectivity index (χ4n) is 2.84. The second kappa shape index (κ2) is 7.19. The molecule has 3 rings (SSSR count). The smallest absolute Gasteiger partial charge is 0.359 e. The standard InChI is InChI=1S/C18H17N5O6/c1-21-14(19)12(16(26)22(2)18(21)28)11(24)8-29-17(27)13-9-6-4-5-7-10(9)15(25)23(3)20-13/h4-7H,8,19H2,1-3H3. The molecule has 2 heterocycles. The molecule has 0 unspecified atom stereocenters. The van der Waals surface area contributed by atoms with Gasteiger partial charge in [0.15, 0.2) is 12.3 Å². The zero-order valence-corrected chi connectivity index (χ0v) is 15.8. The number of Topliss-reactive ketones (excluding diaryl/α,β-unsaturated/α-hetero) is 1. The summed E-state index contributed by atoms with van der Waals surface area (Å²) in [7, 11) is 3.89. The van der Waals surface area contributed by atoms with Gasteiger partial charge in [-0.05, 0) is 6.07 Å². The number of nitrogen functional groups attached to an aromatic ring is 1. The summed E-state index contributed by atoms with van der Waals surface area (Å²) in [5.41, 5.74) is 3.13. The Labute approximate surface area is 162 Å². The number of aryl methyl sites for hydroxylation is 1. The molecule has 0 aliphatic rings. The molecule has 0 atom stereocenters. The third-order valence-electron chi connectivity index (χ3n) is 4.47. The Kier molecular flexibility index (Phi) is 4.89. The van der Waals surface area contributed by atoms with Crippen LogP contribution >= 0.6 is 0 Å². The van der Waals surface area contributed by atoms with E-state index in [4.69, 9.17) is 10.5 Å². The van der Waals surface area contributed by atoms with Crippen molar-refractivity contribution in [2.24, 2.45) is 21.1 Å². The number of anilines is 1. The number of esters is 1. The summed E-state index contributed by atoms with van der Waals surface area (Å²) in [5, 5.41) is 4.44. The molecule has 0 radical (unpaired) electrons. The number of ketones is 1. The minimum atomic E-state index is -0.953. The Balaban J connectivity index is 1.94. The molecular weight excluding hydrogens is 382 g/mol. The second-order valence-corrected chi connectivity index (χ2v) is 6.29. The van der Waals surface area contributed by atoms with Gasteiger partial charge < -0.3 is 10.5 Å². The van der Waals surface area contributed by atoms with Crippen LogP contribution in [-0.4, -0.2) is 37.3 Å². The maximum absolute atomic E-state index is 12.5. The Bertz CT molecular complexity index is 1350. The molecular formula is C18H17N5O6. The van der Waals surface area contributed by atoms with Gasteiger partial charge in [0.1, 0.15) is 11.4 Å². The van der Waals surface area contributed by atoms with Crippen molar-refractivity contribution in [1.29, 1.82) is 0 Å². The summed E-state index contributed by atoms with van der Waals surface area (Å²) < 4.78 is 7.67. The number of nitrogens with two attached hydrogens (primary N) is 1. The average molecular weight is 399 g/mol. The molecule has 0 saturated carbocycles.